The first-order valence-electron chi connectivity index (χ1n) is 6.52. The maximum Gasteiger partial charge on any atom is 0.119 e. The average molecular weight is 250 g/mol. The monoisotopic (exact) mass is 250 g/mol. The molecule has 1 aliphatic rings. The largest absolute Gasteiger partial charge is 0.491 e. The summed E-state index contributed by atoms with van der Waals surface area (Å²) in [6.45, 7) is 7.16. The molecule has 1 aromatic rings. The number of nitrogens with two attached hydrogens (primary N) is 1. The molecule has 4 heteroatoms. The van der Waals surface area contributed by atoms with Gasteiger partial charge in [0.2, 0.25) is 0 Å². The molecule has 2 rings (SSSR count). The molecule has 100 valence electrons. The van der Waals surface area contributed by atoms with E-state index in [4.69, 9.17) is 15.2 Å². The molecule has 0 amide bonds. The maximum absolute atomic E-state index is 5.65. The highest BCUT2D eigenvalue weighted by Crippen LogP contribution is 2.22. The molecule has 4 nitrogen and oxygen atoms in total. The minimum atomic E-state index is 0.144. The van der Waals surface area contributed by atoms with E-state index in [1.807, 2.05) is 26.0 Å². The standard InChI is InChI=1S/C14H22N2O2/c1-11(2)18-13-5-3-12(4-6-13)16-7-8-17-14(9-15)10-16/h3-6,11,14H,7-10,15H2,1-2H3. The molecule has 1 saturated heterocycles. The van der Waals surface area contributed by atoms with Crippen molar-refractivity contribution in [2.75, 3.05) is 31.1 Å². The van der Waals surface area contributed by atoms with Crippen molar-refractivity contribution in [3.8, 4) is 5.75 Å². The van der Waals surface area contributed by atoms with Gasteiger partial charge in [0, 0.05) is 25.3 Å². The molecule has 1 fully saturated rings. The van der Waals surface area contributed by atoms with E-state index < -0.39 is 0 Å². The Labute approximate surface area is 109 Å². The average Bonchev–Trinajstić information content (AvgIpc) is 2.39. The number of nitrogens with zero attached hydrogens (tertiary/aromatic N) is 1. The molecule has 1 aliphatic heterocycles. The molecule has 0 radical (unpaired) electrons. The first-order valence-corrected chi connectivity index (χ1v) is 6.52. The summed E-state index contributed by atoms with van der Waals surface area (Å²) >= 11 is 0. The van der Waals surface area contributed by atoms with Crippen LogP contribution in [-0.2, 0) is 4.74 Å². The molecule has 1 unspecified atom stereocenters. The van der Waals surface area contributed by atoms with Crippen LogP contribution in [0, 0.1) is 0 Å². The maximum atomic E-state index is 5.65. The van der Waals surface area contributed by atoms with Crippen molar-refractivity contribution in [3.63, 3.8) is 0 Å². The smallest absolute Gasteiger partial charge is 0.119 e. The summed E-state index contributed by atoms with van der Waals surface area (Å²) in [6, 6.07) is 8.22. The topological polar surface area (TPSA) is 47.7 Å². The van der Waals surface area contributed by atoms with E-state index in [9.17, 15) is 0 Å². The van der Waals surface area contributed by atoms with Crippen molar-refractivity contribution in [2.24, 2.45) is 5.73 Å². The Balaban J connectivity index is 2.00. The predicted octanol–water partition coefficient (Wildman–Crippen LogP) is 1.64. The van der Waals surface area contributed by atoms with E-state index in [0.717, 1.165) is 25.4 Å². The Morgan fingerprint density at radius 2 is 2.11 bits per heavy atom. The van der Waals surface area contributed by atoms with E-state index in [2.05, 4.69) is 17.0 Å². The van der Waals surface area contributed by atoms with Crippen molar-refractivity contribution in [2.45, 2.75) is 26.1 Å². The van der Waals surface area contributed by atoms with Crippen molar-refractivity contribution in [3.05, 3.63) is 24.3 Å². The lowest BCUT2D eigenvalue weighted by Crippen LogP contribution is -2.45. The third-order valence-electron chi connectivity index (χ3n) is 2.98. The first kappa shape index (κ1) is 13.2. The molecule has 0 aliphatic carbocycles. The summed E-state index contributed by atoms with van der Waals surface area (Å²) in [5, 5.41) is 0. The van der Waals surface area contributed by atoms with Gasteiger partial charge in [-0.05, 0) is 38.1 Å². The minimum Gasteiger partial charge on any atom is -0.491 e. The molecule has 1 heterocycles. The molecule has 2 N–H and O–H groups in total. The summed E-state index contributed by atoms with van der Waals surface area (Å²) in [5.74, 6) is 0.914. The van der Waals surface area contributed by atoms with Gasteiger partial charge in [-0.25, -0.2) is 0 Å². The third kappa shape index (κ3) is 3.37. The van der Waals surface area contributed by atoms with Gasteiger partial charge in [0.1, 0.15) is 5.75 Å². The highest BCUT2D eigenvalue weighted by atomic mass is 16.5. The second-order valence-corrected chi connectivity index (χ2v) is 4.84. The molecule has 18 heavy (non-hydrogen) atoms. The van der Waals surface area contributed by atoms with E-state index in [-0.39, 0.29) is 12.2 Å². The van der Waals surface area contributed by atoms with Crippen LogP contribution in [0.15, 0.2) is 24.3 Å². The number of anilines is 1. The van der Waals surface area contributed by atoms with Gasteiger partial charge in [-0.2, -0.15) is 0 Å². The van der Waals surface area contributed by atoms with Crippen LogP contribution in [0.25, 0.3) is 0 Å². The Morgan fingerprint density at radius 3 is 2.72 bits per heavy atom. The van der Waals surface area contributed by atoms with Crippen LogP contribution in [0.5, 0.6) is 5.75 Å². The minimum absolute atomic E-state index is 0.144. The van der Waals surface area contributed by atoms with E-state index in [0.29, 0.717) is 6.54 Å². The van der Waals surface area contributed by atoms with Gasteiger partial charge in [-0.15, -0.1) is 0 Å². The van der Waals surface area contributed by atoms with Crippen LogP contribution in [0.4, 0.5) is 5.69 Å². The van der Waals surface area contributed by atoms with Crippen LogP contribution in [0.2, 0.25) is 0 Å². The number of ether oxygens (including phenoxy) is 2. The summed E-state index contributed by atoms with van der Waals surface area (Å²) in [7, 11) is 0. The van der Waals surface area contributed by atoms with Crippen LogP contribution < -0.4 is 15.4 Å². The molecule has 0 saturated carbocycles. The highest BCUT2D eigenvalue weighted by molar-refractivity contribution is 5.49. The zero-order valence-electron chi connectivity index (χ0n) is 11.1. The predicted molar refractivity (Wildman–Crippen MR) is 73.2 cm³/mol. The van der Waals surface area contributed by atoms with Crippen LogP contribution >= 0.6 is 0 Å². The molecule has 1 aromatic carbocycles. The Bertz CT molecular complexity index is 365. The van der Waals surface area contributed by atoms with E-state index in [1.54, 1.807) is 0 Å². The molecule has 0 spiro atoms. The fraction of sp³-hybridized carbons (Fsp3) is 0.571. The summed E-state index contributed by atoms with van der Waals surface area (Å²) < 4.78 is 11.2. The van der Waals surface area contributed by atoms with Gasteiger partial charge in [-0.1, -0.05) is 0 Å². The van der Waals surface area contributed by atoms with Crippen LogP contribution in [0.1, 0.15) is 13.8 Å². The molecular formula is C14H22N2O2. The number of hydrogen-bond acceptors (Lipinski definition) is 4. The fourth-order valence-corrected chi connectivity index (χ4v) is 2.10. The van der Waals surface area contributed by atoms with Crippen molar-refractivity contribution in [1.82, 2.24) is 0 Å². The number of morpholine rings is 1. The quantitative estimate of drug-likeness (QED) is 0.882. The Kier molecular flexibility index (Phi) is 4.44. The lowest BCUT2D eigenvalue weighted by molar-refractivity contribution is 0.0466. The van der Waals surface area contributed by atoms with Crippen LogP contribution in [-0.4, -0.2) is 38.4 Å². The zero-order chi connectivity index (χ0) is 13.0. The van der Waals surface area contributed by atoms with E-state index >= 15 is 0 Å². The van der Waals surface area contributed by atoms with Crippen molar-refractivity contribution >= 4 is 5.69 Å². The lowest BCUT2D eigenvalue weighted by atomic mass is 10.2. The zero-order valence-corrected chi connectivity index (χ0v) is 11.1. The second kappa shape index (κ2) is 6.07. The summed E-state index contributed by atoms with van der Waals surface area (Å²) in [4.78, 5) is 2.31. The summed E-state index contributed by atoms with van der Waals surface area (Å²) in [6.07, 6.45) is 0.353. The number of benzene rings is 1. The van der Waals surface area contributed by atoms with E-state index in [1.165, 1.54) is 5.69 Å². The second-order valence-electron chi connectivity index (χ2n) is 4.84. The number of rotatable bonds is 4. The third-order valence-corrected chi connectivity index (χ3v) is 2.98. The normalized spacial score (nSPS) is 20.2. The van der Waals surface area contributed by atoms with Gasteiger partial charge in [0.15, 0.2) is 0 Å². The van der Waals surface area contributed by atoms with Gasteiger partial charge in [0.05, 0.1) is 18.8 Å². The van der Waals surface area contributed by atoms with Gasteiger partial charge in [0.25, 0.3) is 0 Å². The molecule has 1 atom stereocenters. The van der Waals surface area contributed by atoms with Gasteiger partial charge in [-0.3, -0.25) is 0 Å². The molecular weight excluding hydrogens is 228 g/mol. The molecule has 0 aromatic heterocycles. The van der Waals surface area contributed by atoms with Crippen molar-refractivity contribution in [1.29, 1.82) is 0 Å². The summed E-state index contributed by atoms with van der Waals surface area (Å²) in [5.41, 5.74) is 6.85. The Hall–Kier alpha value is -1.26. The lowest BCUT2D eigenvalue weighted by Gasteiger charge is -2.34. The first-order chi connectivity index (χ1) is 8.69. The van der Waals surface area contributed by atoms with Gasteiger partial charge < -0.3 is 20.1 Å². The SMILES string of the molecule is CC(C)Oc1ccc(N2CCOC(CN)C2)cc1. The van der Waals surface area contributed by atoms with Crippen molar-refractivity contribution < 1.29 is 9.47 Å². The fourth-order valence-electron chi connectivity index (χ4n) is 2.10. The Morgan fingerprint density at radius 1 is 1.39 bits per heavy atom. The molecule has 0 bridgehead atoms. The highest BCUT2D eigenvalue weighted by Gasteiger charge is 2.19. The number of hydrogen-bond donors (Lipinski definition) is 1. The van der Waals surface area contributed by atoms with Crippen LogP contribution in [0.3, 0.4) is 0 Å². The van der Waals surface area contributed by atoms with Gasteiger partial charge >= 0.3 is 0 Å².